The van der Waals surface area contributed by atoms with Crippen molar-refractivity contribution in [3.05, 3.63) is 42.1 Å². The Morgan fingerprint density at radius 3 is 2.40 bits per heavy atom. The van der Waals surface area contributed by atoms with Crippen LogP contribution >= 0.6 is 0 Å². The molecule has 0 aliphatic heterocycles. The minimum Gasteiger partial charge on any atom is -0.341 e. The topological polar surface area (TPSA) is 59.0 Å². The number of nitrogens with one attached hydrogen (secondary N) is 2. The van der Waals surface area contributed by atoms with Gasteiger partial charge in [-0.25, -0.2) is 9.48 Å². The molecule has 0 saturated heterocycles. The first kappa shape index (κ1) is 14.1. The second-order valence-corrected chi connectivity index (χ2v) is 5.62. The lowest BCUT2D eigenvalue weighted by molar-refractivity contribution is 0.254. The van der Waals surface area contributed by atoms with Crippen molar-refractivity contribution in [2.24, 2.45) is 0 Å². The first-order valence-corrected chi connectivity index (χ1v) is 6.56. The minimum atomic E-state index is -0.262. The predicted molar refractivity (Wildman–Crippen MR) is 80.3 cm³/mol. The van der Waals surface area contributed by atoms with Gasteiger partial charge in [-0.2, -0.15) is 5.10 Å². The lowest BCUT2D eigenvalue weighted by Gasteiger charge is -2.14. The molecule has 2 aromatic rings. The Kier molecular flexibility index (Phi) is 3.79. The zero-order chi connectivity index (χ0) is 14.8. The summed E-state index contributed by atoms with van der Waals surface area (Å²) < 4.78 is 1.75. The third-order valence-electron chi connectivity index (χ3n) is 2.95. The fraction of sp³-hybridized carbons (Fsp3) is 0.333. The van der Waals surface area contributed by atoms with Crippen molar-refractivity contribution < 1.29 is 4.79 Å². The molecule has 20 heavy (non-hydrogen) atoms. The molecular formula is C15H20N4O. The van der Waals surface area contributed by atoms with Gasteiger partial charge in [0.2, 0.25) is 0 Å². The van der Waals surface area contributed by atoms with Crippen LogP contribution in [0.4, 0.5) is 10.6 Å². The van der Waals surface area contributed by atoms with Gasteiger partial charge in [-0.05, 0) is 12.1 Å². The molecule has 0 bridgehead atoms. The number of carbonyl (C=O) groups excluding carboxylic acids is 1. The third-order valence-corrected chi connectivity index (χ3v) is 2.95. The first-order chi connectivity index (χ1) is 9.41. The van der Waals surface area contributed by atoms with Crippen molar-refractivity contribution in [1.29, 1.82) is 0 Å². The van der Waals surface area contributed by atoms with Gasteiger partial charge in [-0.15, -0.1) is 0 Å². The van der Waals surface area contributed by atoms with E-state index in [0.29, 0.717) is 5.82 Å². The van der Waals surface area contributed by atoms with Gasteiger partial charge in [0.15, 0.2) is 0 Å². The van der Waals surface area contributed by atoms with Crippen LogP contribution < -0.4 is 10.6 Å². The Morgan fingerprint density at radius 1 is 1.20 bits per heavy atom. The number of benzene rings is 1. The Labute approximate surface area is 119 Å². The predicted octanol–water partition coefficient (Wildman–Crippen LogP) is 2.92. The maximum absolute atomic E-state index is 11.6. The number of para-hydroxylation sites is 1. The number of urea groups is 1. The molecule has 0 atom stereocenters. The third kappa shape index (κ3) is 2.99. The van der Waals surface area contributed by atoms with E-state index in [1.165, 1.54) is 0 Å². The van der Waals surface area contributed by atoms with Gasteiger partial charge in [-0.1, -0.05) is 39.0 Å². The second kappa shape index (κ2) is 5.36. The quantitative estimate of drug-likeness (QED) is 0.883. The molecule has 0 saturated carbocycles. The van der Waals surface area contributed by atoms with Gasteiger partial charge in [0.05, 0.1) is 11.4 Å². The van der Waals surface area contributed by atoms with Crippen molar-refractivity contribution in [2.75, 3.05) is 12.4 Å². The van der Waals surface area contributed by atoms with E-state index in [9.17, 15) is 4.79 Å². The summed E-state index contributed by atoms with van der Waals surface area (Å²) in [6.45, 7) is 6.27. The summed E-state index contributed by atoms with van der Waals surface area (Å²) >= 11 is 0. The fourth-order valence-corrected chi connectivity index (χ4v) is 1.78. The molecule has 2 rings (SSSR count). The summed E-state index contributed by atoms with van der Waals surface area (Å²) in [7, 11) is 1.59. The monoisotopic (exact) mass is 272 g/mol. The smallest absolute Gasteiger partial charge is 0.320 e. The molecule has 1 heterocycles. The summed E-state index contributed by atoms with van der Waals surface area (Å²) in [5.74, 6) is 0.653. The number of carbonyl (C=O) groups is 1. The number of amides is 2. The molecule has 0 aliphatic rings. The summed E-state index contributed by atoms with van der Waals surface area (Å²) in [5.41, 5.74) is 1.75. The first-order valence-electron chi connectivity index (χ1n) is 6.56. The lowest BCUT2D eigenvalue weighted by Crippen LogP contribution is -2.25. The standard InChI is InChI=1S/C15H20N4O/c1-15(2,3)12-10-13(17-14(20)16-4)19(18-12)11-8-6-5-7-9-11/h5-10H,1-4H3,(H2,16,17,20). The highest BCUT2D eigenvalue weighted by atomic mass is 16.2. The van der Waals surface area contributed by atoms with Crippen LogP contribution in [0.15, 0.2) is 36.4 Å². The van der Waals surface area contributed by atoms with Crippen LogP contribution in [-0.2, 0) is 5.41 Å². The average molecular weight is 272 g/mol. The van der Waals surface area contributed by atoms with Crippen LogP contribution in [0.1, 0.15) is 26.5 Å². The Balaban J connectivity index is 2.48. The normalized spacial score (nSPS) is 11.2. The maximum atomic E-state index is 11.6. The average Bonchev–Trinajstić information content (AvgIpc) is 2.83. The van der Waals surface area contributed by atoms with E-state index in [2.05, 4.69) is 36.5 Å². The molecule has 106 valence electrons. The van der Waals surface area contributed by atoms with Crippen LogP contribution in [0.5, 0.6) is 0 Å². The van der Waals surface area contributed by atoms with Gasteiger partial charge < -0.3 is 5.32 Å². The summed E-state index contributed by atoms with van der Waals surface area (Å²) in [4.78, 5) is 11.6. The van der Waals surface area contributed by atoms with Crippen molar-refractivity contribution in [2.45, 2.75) is 26.2 Å². The van der Waals surface area contributed by atoms with Crippen molar-refractivity contribution in [3.63, 3.8) is 0 Å². The van der Waals surface area contributed by atoms with E-state index in [1.807, 2.05) is 36.4 Å². The molecule has 0 radical (unpaired) electrons. The van der Waals surface area contributed by atoms with Gasteiger partial charge in [0.1, 0.15) is 5.82 Å². The maximum Gasteiger partial charge on any atom is 0.320 e. The molecule has 0 unspecified atom stereocenters. The van der Waals surface area contributed by atoms with E-state index in [4.69, 9.17) is 0 Å². The number of aromatic nitrogens is 2. The van der Waals surface area contributed by atoms with Gasteiger partial charge in [0, 0.05) is 18.5 Å². The van der Waals surface area contributed by atoms with Crippen LogP contribution in [-0.4, -0.2) is 22.9 Å². The molecule has 1 aromatic heterocycles. The molecule has 2 N–H and O–H groups in total. The van der Waals surface area contributed by atoms with Crippen LogP contribution in [0.25, 0.3) is 5.69 Å². The molecule has 0 fully saturated rings. The van der Waals surface area contributed by atoms with Crippen molar-refractivity contribution in [1.82, 2.24) is 15.1 Å². The van der Waals surface area contributed by atoms with E-state index in [0.717, 1.165) is 11.4 Å². The number of nitrogens with zero attached hydrogens (tertiary/aromatic N) is 2. The molecule has 5 heteroatoms. The lowest BCUT2D eigenvalue weighted by atomic mass is 9.92. The number of hydrogen-bond acceptors (Lipinski definition) is 2. The van der Waals surface area contributed by atoms with E-state index in [1.54, 1.807) is 11.7 Å². The Morgan fingerprint density at radius 2 is 1.85 bits per heavy atom. The second-order valence-electron chi connectivity index (χ2n) is 5.62. The van der Waals surface area contributed by atoms with Crippen LogP contribution in [0.2, 0.25) is 0 Å². The fourth-order valence-electron chi connectivity index (χ4n) is 1.78. The number of hydrogen-bond donors (Lipinski definition) is 2. The van der Waals surface area contributed by atoms with Crippen molar-refractivity contribution in [3.8, 4) is 5.69 Å². The molecular weight excluding hydrogens is 252 g/mol. The number of rotatable bonds is 2. The van der Waals surface area contributed by atoms with E-state index in [-0.39, 0.29) is 11.4 Å². The Hall–Kier alpha value is -2.30. The van der Waals surface area contributed by atoms with E-state index < -0.39 is 0 Å². The van der Waals surface area contributed by atoms with Crippen LogP contribution in [0.3, 0.4) is 0 Å². The molecule has 2 amide bonds. The molecule has 1 aromatic carbocycles. The Bertz CT molecular complexity index is 596. The SMILES string of the molecule is CNC(=O)Nc1cc(C(C)(C)C)nn1-c1ccccc1. The highest BCUT2D eigenvalue weighted by molar-refractivity contribution is 5.88. The van der Waals surface area contributed by atoms with Gasteiger partial charge in [0.25, 0.3) is 0 Å². The highest BCUT2D eigenvalue weighted by Gasteiger charge is 2.21. The van der Waals surface area contributed by atoms with Crippen LogP contribution in [0, 0.1) is 0 Å². The van der Waals surface area contributed by atoms with Gasteiger partial charge in [-0.3, -0.25) is 5.32 Å². The summed E-state index contributed by atoms with van der Waals surface area (Å²) in [6.07, 6.45) is 0. The largest absolute Gasteiger partial charge is 0.341 e. The highest BCUT2D eigenvalue weighted by Crippen LogP contribution is 2.26. The van der Waals surface area contributed by atoms with E-state index >= 15 is 0 Å². The summed E-state index contributed by atoms with van der Waals surface area (Å²) in [5, 5.41) is 9.96. The minimum absolute atomic E-state index is 0.0842. The number of anilines is 1. The molecule has 5 nitrogen and oxygen atoms in total. The molecule has 0 spiro atoms. The van der Waals surface area contributed by atoms with Crippen molar-refractivity contribution >= 4 is 11.8 Å². The zero-order valence-electron chi connectivity index (χ0n) is 12.3. The summed E-state index contributed by atoms with van der Waals surface area (Å²) in [6, 6.07) is 11.4. The molecule has 0 aliphatic carbocycles. The zero-order valence-corrected chi connectivity index (χ0v) is 12.3. The van der Waals surface area contributed by atoms with Gasteiger partial charge >= 0.3 is 6.03 Å².